The third kappa shape index (κ3) is 4.39. The zero-order valence-corrected chi connectivity index (χ0v) is 18.0. The first kappa shape index (κ1) is 22.4. The van der Waals surface area contributed by atoms with Crippen LogP contribution in [0.15, 0.2) is 36.5 Å². The summed E-state index contributed by atoms with van der Waals surface area (Å²) in [6.45, 7) is 0.255. The highest BCUT2D eigenvalue weighted by molar-refractivity contribution is 8.25. The fraction of sp³-hybridized carbons (Fsp3) is 0.350. The van der Waals surface area contributed by atoms with Crippen LogP contribution < -0.4 is 10.1 Å². The maximum absolute atomic E-state index is 12.7. The van der Waals surface area contributed by atoms with Gasteiger partial charge in [-0.3, -0.25) is 13.9 Å². The second kappa shape index (κ2) is 7.96. The standard InChI is InChI=1S/C20H22F2N4O5S/c1-11(27)16-15-6-12(18(28)24-20(2)9-32(29,30)10-20)8-23-17(15)26(25-16)13-4-3-5-14(7-13)31-19(21)22/h3-8,11,19,27,29-30H,9-10H2,1-2H3,(H,24,28). The average Bonchev–Trinajstić information content (AvgIpc) is 3.05. The van der Waals surface area contributed by atoms with Crippen LogP contribution in [0, 0.1) is 0 Å². The second-order valence-corrected chi connectivity index (χ2v) is 10.2. The zero-order chi connectivity index (χ0) is 23.3. The van der Waals surface area contributed by atoms with Crippen molar-refractivity contribution in [2.75, 3.05) is 11.5 Å². The predicted molar refractivity (Wildman–Crippen MR) is 115 cm³/mol. The van der Waals surface area contributed by atoms with Gasteiger partial charge in [0.15, 0.2) is 5.65 Å². The van der Waals surface area contributed by atoms with Crippen molar-refractivity contribution >= 4 is 27.5 Å². The smallest absolute Gasteiger partial charge is 0.387 e. The molecule has 4 N–H and O–H groups in total. The molecule has 9 nitrogen and oxygen atoms in total. The van der Waals surface area contributed by atoms with E-state index in [-0.39, 0.29) is 28.5 Å². The Bertz CT molecular complexity index is 1180. The fourth-order valence-corrected chi connectivity index (χ4v) is 5.93. The van der Waals surface area contributed by atoms with Gasteiger partial charge in [0.25, 0.3) is 5.91 Å². The van der Waals surface area contributed by atoms with Gasteiger partial charge in [0, 0.05) is 17.6 Å². The van der Waals surface area contributed by atoms with Gasteiger partial charge in [0.05, 0.1) is 34.4 Å². The molecule has 0 aliphatic carbocycles. The van der Waals surface area contributed by atoms with Crippen LogP contribution in [0.2, 0.25) is 0 Å². The Morgan fingerprint density at radius 3 is 2.66 bits per heavy atom. The average molecular weight is 468 g/mol. The van der Waals surface area contributed by atoms with Gasteiger partial charge in [0.2, 0.25) is 0 Å². The molecule has 0 saturated carbocycles. The summed E-state index contributed by atoms with van der Waals surface area (Å²) in [5.41, 5.74) is 0.435. The third-order valence-electron chi connectivity index (χ3n) is 5.01. The van der Waals surface area contributed by atoms with E-state index in [1.165, 1.54) is 42.1 Å². The molecule has 4 rings (SSSR count). The number of carbonyl (C=O) groups is 1. The summed E-state index contributed by atoms with van der Waals surface area (Å²) < 4.78 is 50.2. The van der Waals surface area contributed by atoms with Gasteiger partial charge in [-0.1, -0.05) is 6.07 Å². The minimum atomic E-state index is -2.98. The van der Waals surface area contributed by atoms with Crippen LogP contribution in [0.1, 0.15) is 36.0 Å². The molecule has 12 heteroatoms. The Kier molecular flexibility index (Phi) is 5.57. The molecule has 1 aliphatic rings. The number of rotatable bonds is 6. The van der Waals surface area contributed by atoms with Crippen molar-refractivity contribution in [1.29, 1.82) is 0 Å². The lowest BCUT2D eigenvalue weighted by molar-refractivity contribution is -0.0498. The summed E-state index contributed by atoms with van der Waals surface area (Å²) in [6, 6.07) is 7.41. The summed E-state index contributed by atoms with van der Waals surface area (Å²) in [5, 5.41) is 17.8. The molecule has 0 radical (unpaired) electrons. The predicted octanol–water partition coefficient (Wildman–Crippen LogP) is 3.33. The normalized spacial score (nSPS) is 18.8. The third-order valence-corrected chi connectivity index (χ3v) is 7.21. The first-order valence-electron chi connectivity index (χ1n) is 9.64. The number of alkyl halides is 2. The summed E-state index contributed by atoms with van der Waals surface area (Å²) >= 11 is 0. The number of amides is 1. The van der Waals surface area contributed by atoms with Crippen LogP contribution in [-0.2, 0) is 0 Å². The minimum absolute atomic E-state index is 0.0598. The number of aromatic nitrogens is 3. The number of benzene rings is 1. The monoisotopic (exact) mass is 468 g/mol. The number of nitrogens with zero attached hydrogens (tertiary/aromatic N) is 3. The fourth-order valence-electron chi connectivity index (χ4n) is 3.82. The van der Waals surface area contributed by atoms with E-state index in [1.807, 2.05) is 0 Å². The summed E-state index contributed by atoms with van der Waals surface area (Å²) in [7, 11) is -2.64. The molecular weight excluding hydrogens is 446 g/mol. The number of aliphatic hydroxyl groups is 1. The lowest BCUT2D eigenvalue weighted by atomic mass is 10.1. The molecular formula is C20H22F2N4O5S. The topological polar surface area (TPSA) is 130 Å². The van der Waals surface area contributed by atoms with Crippen LogP contribution in [-0.4, -0.2) is 58.5 Å². The number of fused-ring (bicyclic) bond motifs is 1. The number of hydrogen-bond acceptors (Lipinski definition) is 7. The largest absolute Gasteiger partial charge is 0.435 e. The quantitative estimate of drug-likeness (QED) is 0.437. The van der Waals surface area contributed by atoms with Crippen LogP contribution in [0.5, 0.6) is 5.75 Å². The van der Waals surface area contributed by atoms with Gasteiger partial charge >= 0.3 is 6.61 Å². The van der Waals surface area contributed by atoms with Gasteiger partial charge in [-0.15, -0.1) is 0 Å². The Labute approximate surface area is 183 Å². The SMILES string of the molecule is CC(O)c1nn(-c2cccc(OC(F)F)c2)c2ncc(C(=O)NC3(C)CS(O)(O)C3)cc12. The van der Waals surface area contributed by atoms with E-state index in [0.29, 0.717) is 16.7 Å². The van der Waals surface area contributed by atoms with Gasteiger partial charge < -0.3 is 15.2 Å². The van der Waals surface area contributed by atoms with Crippen LogP contribution in [0.25, 0.3) is 16.7 Å². The number of pyridine rings is 1. The molecule has 1 fully saturated rings. The lowest BCUT2D eigenvalue weighted by Crippen LogP contribution is -2.61. The van der Waals surface area contributed by atoms with Crippen molar-refractivity contribution < 1.29 is 32.5 Å². The van der Waals surface area contributed by atoms with E-state index in [9.17, 15) is 27.8 Å². The summed E-state index contributed by atoms with van der Waals surface area (Å²) in [6.07, 6.45) is 0.345. The number of halogens is 2. The van der Waals surface area contributed by atoms with E-state index < -0.39 is 34.8 Å². The van der Waals surface area contributed by atoms with Crippen molar-refractivity contribution in [2.45, 2.75) is 32.1 Å². The highest BCUT2D eigenvalue weighted by Gasteiger charge is 2.45. The van der Waals surface area contributed by atoms with Gasteiger partial charge in [-0.25, -0.2) is 9.67 Å². The molecule has 1 saturated heterocycles. The molecule has 32 heavy (non-hydrogen) atoms. The highest BCUT2D eigenvalue weighted by atomic mass is 32.3. The molecule has 1 aliphatic heterocycles. The van der Waals surface area contributed by atoms with Crippen molar-refractivity contribution in [3.05, 3.63) is 47.8 Å². The maximum Gasteiger partial charge on any atom is 0.387 e. The summed E-state index contributed by atoms with van der Waals surface area (Å²) in [5.74, 6) is -0.353. The number of carbonyl (C=O) groups excluding carboxylic acids is 1. The van der Waals surface area contributed by atoms with Crippen LogP contribution in [0.3, 0.4) is 0 Å². The van der Waals surface area contributed by atoms with Crippen molar-refractivity contribution in [3.8, 4) is 11.4 Å². The number of hydrogen-bond donors (Lipinski definition) is 4. The van der Waals surface area contributed by atoms with E-state index in [0.717, 1.165) is 0 Å². The Morgan fingerprint density at radius 2 is 2.03 bits per heavy atom. The van der Waals surface area contributed by atoms with Crippen LogP contribution >= 0.6 is 10.6 Å². The van der Waals surface area contributed by atoms with Crippen molar-refractivity contribution in [1.82, 2.24) is 20.1 Å². The van der Waals surface area contributed by atoms with Gasteiger partial charge in [-0.05, 0) is 32.0 Å². The maximum atomic E-state index is 12.7. The zero-order valence-electron chi connectivity index (χ0n) is 17.2. The van der Waals surface area contributed by atoms with Gasteiger partial charge in [0.1, 0.15) is 11.4 Å². The molecule has 3 heterocycles. The number of aliphatic hydroxyl groups excluding tert-OH is 1. The molecule has 1 unspecified atom stereocenters. The highest BCUT2D eigenvalue weighted by Crippen LogP contribution is 2.53. The van der Waals surface area contributed by atoms with E-state index in [1.54, 1.807) is 13.0 Å². The Hall–Kier alpha value is -2.80. The first-order valence-corrected chi connectivity index (χ1v) is 11.5. The van der Waals surface area contributed by atoms with Crippen LogP contribution in [0.4, 0.5) is 8.78 Å². The molecule has 2 aromatic heterocycles. The number of ether oxygens (including phenoxy) is 1. The van der Waals surface area contributed by atoms with Crippen molar-refractivity contribution in [2.24, 2.45) is 0 Å². The van der Waals surface area contributed by atoms with E-state index >= 15 is 0 Å². The number of nitrogens with one attached hydrogen (secondary N) is 1. The Balaban J connectivity index is 1.70. The van der Waals surface area contributed by atoms with E-state index in [2.05, 4.69) is 20.1 Å². The second-order valence-electron chi connectivity index (χ2n) is 8.05. The molecule has 172 valence electrons. The lowest BCUT2D eigenvalue weighted by Gasteiger charge is -2.54. The molecule has 3 aromatic rings. The molecule has 1 aromatic carbocycles. The molecule has 0 bridgehead atoms. The molecule has 1 atom stereocenters. The Morgan fingerprint density at radius 1 is 1.31 bits per heavy atom. The first-order chi connectivity index (χ1) is 15.0. The van der Waals surface area contributed by atoms with Gasteiger partial charge in [-0.2, -0.15) is 24.5 Å². The van der Waals surface area contributed by atoms with E-state index in [4.69, 9.17) is 0 Å². The summed E-state index contributed by atoms with van der Waals surface area (Å²) in [4.78, 5) is 17.1. The van der Waals surface area contributed by atoms with Crippen molar-refractivity contribution in [3.63, 3.8) is 0 Å². The molecule has 0 spiro atoms. The minimum Gasteiger partial charge on any atom is -0.435 e. The molecule has 1 amide bonds.